The van der Waals surface area contributed by atoms with Gasteiger partial charge in [0.1, 0.15) is 5.92 Å². The number of anilines is 1. The molecule has 0 unspecified atom stereocenters. The van der Waals surface area contributed by atoms with E-state index in [-0.39, 0.29) is 29.5 Å². The topological polar surface area (TPSA) is 170 Å². The minimum Gasteiger partial charge on any atom is -0.375 e. The fraction of sp³-hybridized carbons (Fsp3) is 0.227. The zero-order valence-electron chi connectivity index (χ0n) is 17.5. The third-order valence-electron chi connectivity index (χ3n) is 4.55. The average Bonchev–Trinajstić information content (AvgIpc) is 2.78. The molecule has 0 fully saturated rings. The molecule has 10 nitrogen and oxygen atoms in total. The van der Waals surface area contributed by atoms with E-state index in [0.29, 0.717) is 29.8 Å². The third kappa shape index (κ3) is 8.01. The van der Waals surface area contributed by atoms with Crippen molar-refractivity contribution in [3.63, 3.8) is 0 Å². The van der Waals surface area contributed by atoms with Gasteiger partial charge in [-0.15, -0.1) is 0 Å². The summed E-state index contributed by atoms with van der Waals surface area (Å²) < 4.78 is 0. The number of carbonyl (C=O) groups excluding carboxylic acids is 1. The Kier molecular flexibility index (Phi) is 9.43. The molecule has 4 N–H and O–H groups in total. The van der Waals surface area contributed by atoms with Crippen molar-refractivity contribution in [2.75, 3.05) is 5.32 Å². The molecule has 0 saturated heterocycles. The minimum atomic E-state index is -0.706. The van der Waals surface area contributed by atoms with Gasteiger partial charge in [-0.3, -0.25) is 20.3 Å². The molecule has 11 heteroatoms. The van der Waals surface area contributed by atoms with Crippen LogP contribution >= 0.6 is 12.2 Å². The molecule has 0 spiro atoms. The van der Waals surface area contributed by atoms with Crippen LogP contribution < -0.4 is 16.5 Å². The summed E-state index contributed by atoms with van der Waals surface area (Å²) in [7, 11) is 0. The summed E-state index contributed by atoms with van der Waals surface area (Å²) in [6.07, 6.45) is 1.04. The van der Waals surface area contributed by atoms with Crippen molar-refractivity contribution in [1.29, 1.82) is 10.5 Å². The quantitative estimate of drug-likeness (QED) is 0.208. The normalized spacial score (nSPS) is 11.5. The van der Waals surface area contributed by atoms with Crippen molar-refractivity contribution in [2.24, 2.45) is 10.8 Å². The monoisotopic (exact) mass is 463 g/mol. The number of rotatable bonds is 10. The largest absolute Gasteiger partial charge is 0.375 e. The Morgan fingerprint density at radius 3 is 2.55 bits per heavy atom. The van der Waals surface area contributed by atoms with Crippen LogP contribution in [0.3, 0.4) is 0 Å². The Bertz CT molecular complexity index is 1130. The van der Waals surface area contributed by atoms with Crippen molar-refractivity contribution in [3.05, 3.63) is 69.8 Å². The summed E-state index contributed by atoms with van der Waals surface area (Å²) in [5.41, 5.74) is 10.1. The number of amides is 1. The summed E-state index contributed by atoms with van der Waals surface area (Å²) in [5.74, 6) is -1.03. The van der Waals surface area contributed by atoms with Gasteiger partial charge in [0.05, 0.1) is 29.2 Å². The van der Waals surface area contributed by atoms with E-state index in [1.54, 1.807) is 30.3 Å². The lowest BCUT2D eigenvalue weighted by Crippen LogP contribution is -2.27. The Morgan fingerprint density at radius 1 is 1.21 bits per heavy atom. The minimum absolute atomic E-state index is 0.0584. The molecule has 0 aliphatic rings. The van der Waals surface area contributed by atoms with Gasteiger partial charge in [0, 0.05) is 24.2 Å². The maximum absolute atomic E-state index is 12.3. The predicted molar refractivity (Wildman–Crippen MR) is 127 cm³/mol. The highest BCUT2D eigenvalue weighted by Gasteiger charge is 2.19. The van der Waals surface area contributed by atoms with Gasteiger partial charge in [0.25, 0.3) is 5.69 Å². The average molecular weight is 464 g/mol. The van der Waals surface area contributed by atoms with Crippen LogP contribution in [-0.4, -0.2) is 21.7 Å². The van der Waals surface area contributed by atoms with Gasteiger partial charge in [-0.05, 0) is 42.3 Å². The number of hydrogen-bond donors (Lipinski definition) is 3. The van der Waals surface area contributed by atoms with Crippen LogP contribution in [0.5, 0.6) is 0 Å². The molecule has 0 aliphatic carbocycles. The molecular weight excluding hydrogens is 442 g/mol. The van der Waals surface area contributed by atoms with E-state index >= 15 is 0 Å². The molecule has 0 aromatic heterocycles. The number of hydrazone groups is 1. The number of nitrogens with two attached hydrogens (primary N) is 1. The molecule has 33 heavy (non-hydrogen) atoms. The van der Waals surface area contributed by atoms with Gasteiger partial charge >= 0.3 is 0 Å². The van der Waals surface area contributed by atoms with Crippen LogP contribution in [-0.2, 0) is 11.2 Å². The molecule has 0 radical (unpaired) electrons. The second-order valence-electron chi connectivity index (χ2n) is 6.93. The first-order valence-corrected chi connectivity index (χ1v) is 10.3. The first kappa shape index (κ1) is 24.9. The van der Waals surface area contributed by atoms with Crippen LogP contribution in [0.4, 0.5) is 11.4 Å². The third-order valence-corrected chi connectivity index (χ3v) is 4.64. The Hall–Kier alpha value is -4.35. The first-order chi connectivity index (χ1) is 15.8. The highest BCUT2D eigenvalue weighted by molar-refractivity contribution is 7.80. The van der Waals surface area contributed by atoms with Crippen LogP contribution in [0.25, 0.3) is 0 Å². The molecule has 0 heterocycles. The maximum Gasteiger partial charge on any atom is 0.271 e. The summed E-state index contributed by atoms with van der Waals surface area (Å²) in [6, 6.07) is 17.0. The number of thiocarbonyl (C=S) groups is 1. The van der Waals surface area contributed by atoms with E-state index in [2.05, 4.69) is 28.0 Å². The van der Waals surface area contributed by atoms with Crippen molar-refractivity contribution in [1.82, 2.24) is 5.43 Å². The second-order valence-corrected chi connectivity index (χ2v) is 7.37. The lowest BCUT2D eigenvalue weighted by Gasteiger charge is -2.14. The SMILES string of the molecule is N#CCc1ccc([C@H](C#N)/C(CCCC(=O)Nc2cccc([N+](=O)[O-])c2)=N\NC(N)=S)cc1. The molecule has 0 aliphatic heterocycles. The van der Waals surface area contributed by atoms with Gasteiger partial charge in [-0.1, -0.05) is 30.3 Å². The number of nitrogens with one attached hydrogen (secondary N) is 2. The number of nitro groups is 1. The van der Waals surface area contributed by atoms with Crippen LogP contribution in [0.2, 0.25) is 0 Å². The molecule has 0 saturated carbocycles. The number of non-ortho nitro benzene ring substituents is 1. The van der Waals surface area contributed by atoms with Crippen molar-refractivity contribution in [3.8, 4) is 12.1 Å². The van der Waals surface area contributed by atoms with E-state index in [1.807, 2.05) is 0 Å². The number of nitro benzene ring substituents is 1. The molecule has 0 bridgehead atoms. The van der Waals surface area contributed by atoms with E-state index in [4.69, 9.17) is 23.2 Å². The van der Waals surface area contributed by atoms with Crippen LogP contribution in [0, 0.1) is 32.8 Å². The van der Waals surface area contributed by atoms with Gasteiger partial charge < -0.3 is 11.1 Å². The van der Waals surface area contributed by atoms with Crippen LogP contribution in [0.1, 0.15) is 36.3 Å². The predicted octanol–water partition coefficient (Wildman–Crippen LogP) is 3.27. The Labute approximate surface area is 195 Å². The Balaban J connectivity index is 2.06. The van der Waals surface area contributed by atoms with Crippen LogP contribution in [0.15, 0.2) is 53.6 Å². The second kappa shape index (κ2) is 12.5. The fourth-order valence-corrected chi connectivity index (χ4v) is 3.05. The van der Waals surface area contributed by atoms with E-state index in [1.165, 1.54) is 18.2 Å². The molecular formula is C22H21N7O3S. The number of carbonyl (C=O) groups is 1. The zero-order chi connectivity index (χ0) is 24.2. The fourth-order valence-electron chi connectivity index (χ4n) is 3.00. The Morgan fingerprint density at radius 2 is 1.94 bits per heavy atom. The van der Waals surface area contributed by atoms with E-state index < -0.39 is 10.8 Å². The first-order valence-electron chi connectivity index (χ1n) is 9.85. The van der Waals surface area contributed by atoms with Gasteiger partial charge in [-0.25, -0.2) is 0 Å². The molecule has 1 atom stereocenters. The summed E-state index contributed by atoms with van der Waals surface area (Å²) in [4.78, 5) is 22.6. The summed E-state index contributed by atoms with van der Waals surface area (Å²) in [6.45, 7) is 0. The van der Waals surface area contributed by atoms with Crippen molar-refractivity contribution in [2.45, 2.75) is 31.6 Å². The summed E-state index contributed by atoms with van der Waals surface area (Å²) in [5, 5.41) is 36.2. The number of nitrogens with zero attached hydrogens (tertiary/aromatic N) is 4. The van der Waals surface area contributed by atoms with Crippen molar-refractivity contribution >= 4 is 40.3 Å². The van der Waals surface area contributed by atoms with Gasteiger partial charge in [0.2, 0.25) is 5.91 Å². The smallest absolute Gasteiger partial charge is 0.271 e. The molecule has 2 rings (SSSR count). The van der Waals surface area contributed by atoms with Crippen molar-refractivity contribution < 1.29 is 9.72 Å². The number of hydrogen-bond acceptors (Lipinski definition) is 7. The lowest BCUT2D eigenvalue weighted by atomic mass is 9.91. The highest BCUT2D eigenvalue weighted by Crippen LogP contribution is 2.22. The number of nitriles is 2. The molecule has 2 aromatic rings. The maximum atomic E-state index is 12.3. The van der Waals surface area contributed by atoms with Gasteiger partial charge in [-0.2, -0.15) is 15.6 Å². The number of benzene rings is 2. The van der Waals surface area contributed by atoms with E-state index in [0.717, 1.165) is 5.56 Å². The standard InChI is InChI=1S/C22H21N7O3S/c23-12-11-15-7-9-16(10-8-15)19(14-24)20(27-28-22(25)33)5-2-6-21(30)26-17-3-1-4-18(13-17)29(31)32/h1,3-4,7-10,13,19H,2,5-6,11H2,(H,26,30)(H3,25,28,33)/b27-20-/t19-/m0/s1. The highest BCUT2D eigenvalue weighted by atomic mass is 32.1. The molecule has 1 amide bonds. The van der Waals surface area contributed by atoms with E-state index in [9.17, 15) is 20.2 Å². The molecule has 168 valence electrons. The molecule has 2 aromatic carbocycles. The zero-order valence-corrected chi connectivity index (χ0v) is 18.3. The van der Waals surface area contributed by atoms with Gasteiger partial charge in [0.15, 0.2) is 5.11 Å². The summed E-state index contributed by atoms with van der Waals surface area (Å²) >= 11 is 4.79. The lowest BCUT2D eigenvalue weighted by molar-refractivity contribution is -0.384.